The van der Waals surface area contributed by atoms with Crippen LogP contribution in [0.25, 0.3) is 44.1 Å². The highest BCUT2D eigenvalue weighted by Crippen LogP contribution is 2.51. The second-order valence-electron chi connectivity index (χ2n) is 8.48. The monoisotopic (exact) mass is 387 g/mol. The second-order valence-corrected chi connectivity index (χ2v) is 8.48. The lowest BCUT2D eigenvalue weighted by molar-refractivity contribution is 0.711. The number of nitrogens with zero attached hydrogens (tertiary/aromatic N) is 1. The number of para-hydroxylation sites is 2. The molecular weight excluding hydrogens is 362 g/mol. The summed E-state index contributed by atoms with van der Waals surface area (Å²) in [7, 11) is 2.20. The summed E-state index contributed by atoms with van der Waals surface area (Å²) < 4.78 is 2.36. The highest BCUT2D eigenvalue weighted by Gasteiger charge is 2.30. The number of hydrogen-bond donors (Lipinski definition) is 0. The Balaban J connectivity index is 1.70. The largest absolute Gasteiger partial charge is 0.343 e. The molecule has 0 fully saturated rings. The van der Waals surface area contributed by atoms with E-state index in [0.29, 0.717) is 5.92 Å². The Bertz CT molecular complexity index is 1420. The van der Waals surface area contributed by atoms with Gasteiger partial charge in [-0.25, -0.2) is 0 Å². The third kappa shape index (κ3) is 2.29. The Morgan fingerprint density at radius 3 is 2.23 bits per heavy atom. The van der Waals surface area contributed by atoms with Gasteiger partial charge in [0.15, 0.2) is 0 Å². The molecule has 1 heteroatoms. The van der Waals surface area contributed by atoms with Crippen LogP contribution in [0.1, 0.15) is 36.8 Å². The van der Waals surface area contributed by atoms with E-state index >= 15 is 0 Å². The Morgan fingerprint density at radius 2 is 1.33 bits per heavy atom. The number of aromatic nitrogens is 1. The summed E-state index contributed by atoms with van der Waals surface area (Å²) >= 11 is 0. The zero-order valence-electron chi connectivity index (χ0n) is 17.5. The van der Waals surface area contributed by atoms with E-state index in [4.69, 9.17) is 0 Å². The van der Waals surface area contributed by atoms with Crippen LogP contribution in [0.5, 0.6) is 0 Å². The molecule has 1 heterocycles. The maximum atomic E-state index is 2.36. The fraction of sp³-hybridized carbons (Fsp3) is 0.172. The molecule has 0 N–H and O–H groups in total. The number of hydrogen-bond acceptors (Lipinski definition) is 0. The van der Waals surface area contributed by atoms with Crippen LogP contribution in [0.3, 0.4) is 0 Å². The van der Waals surface area contributed by atoms with Crippen molar-refractivity contribution in [3.63, 3.8) is 0 Å². The average Bonchev–Trinajstić information content (AvgIpc) is 3.28. The Morgan fingerprint density at radius 1 is 0.667 bits per heavy atom. The van der Waals surface area contributed by atoms with Gasteiger partial charge in [0, 0.05) is 34.8 Å². The second kappa shape index (κ2) is 6.60. The minimum Gasteiger partial charge on any atom is -0.343 e. The van der Waals surface area contributed by atoms with E-state index in [1.165, 1.54) is 68.0 Å². The van der Waals surface area contributed by atoms with Crippen LogP contribution >= 0.6 is 0 Å². The molecule has 1 aliphatic carbocycles. The predicted octanol–water partition coefficient (Wildman–Crippen LogP) is 7.91. The van der Waals surface area contributed by atoms with Crippen molar-refractivity contribution in [1.29, 1.82) is 0 Å². The minimum absolute atomic E-state index is 0.507. The minimum atomic E-state index is 0.507. The predicted molar refractivity (Wildman–Crippen MR) is 128 cm³/mol. The first-order valence-electron chi connectivity index (χ1n) is 11.0. The Kier molecular flexibility index (Phi) is 3.86. The molecule has 0 saturated carbocycles. The molecule has 1 unspecified atom stereocenters. The van der Waals surface area contributed by atoms with Crippen LogP contribution in [0, 0.1) is 0 Å². The van der Waals surface area contributed by atoms with E-state index in [-0.39, 0.29) is 0 Å². The Labute approximate surface area is 177 Å². The van der Waals surface area contributed by atoms with Crippen LogP contribution in [-0.2, 0) is 7.05 Å². The first-order valence-corrected chi connectivity index (χ1v) is 11.0. The van der Waals surface area contributed by atoms with Crippen LogP contribution in [-0.4, -0.2) is 4.57 Å². The first kappa shape index (κ1) is 17.5. The number of benzene rings is 4. The highest BCUT2D eigenvalue weighted by molar-refractivity contribution is 6.13. The van der Waals surface area contributed by atoms with Crippen molar-refractivity contribution in [2.75, 3.05) is 0 Å². The molecule has 0 bridgehead atoms. The van der Waals surface area contributed by atoms with Gasteiger partial charge in [0.1, 0.15) is 0 Å². The summed E-state index contributed by atoms with van der Waals surface area (Å²) in [6, 6.07) is 31.5. The first-order chi connectivity index (χ1) is 14.8. The van der Waals surface area contributed by atoms with Crippen molar-refractivity contribution in [3.8, 4) is 22.3 Å². The molecule has 1 aromatic heterocycles. The van der Waals surface area contributed by atoms with Crippen molar-refractivity contribution >= 4 is 21.8 Å². The maximum absolute atomic E-state index is 2.36. The molecule has 0 saturated heterocycles. The molecule has 4 aromatic carbocycles. The molecule has 0 spiro atoms. The van der Waals surface area contributed by atoms with Gasteiger partial charge >= 0.3 is 0 Å². The molecule has 146 valence electrons. The molecule has 0 aliphatic heterocycles. The van der Waals surface area contributed by atoms with Crippen molar-refractivity contribution < 1.29 is 0 Å². The lowest BCUT2D eigenvalue weighted by atomic mass is 9.90. The molecule has 1 nitrogen and oxygen atoms in total. The molecule has 1 aliphatic rings. The van der Waals surface area contributed by atoms with Crippen molar-refractivity contribution in [2.24, 2.45) is 7.05 Å². The summed E-state index contributed by atoms with van der Waals surface area (Å²) in [5.74, 6) is 0.507. The zero-order chi connectivity index (χ0) is 20.2. The summed E-state index contributed by atoms with van der Waals surface area (Å²) in [4.78, 5) is 0. The molecule has 0 amide bonds. The fourth-order valence-corrected chi connectivity index (χ4v) is 5.64. The van der Waals surface area contributed by atoms with Crippen molar-refractivity contribution in [2.45, 2.75) is 25.7 Å². The van der Waals surface area contributed by atoms with Gasteiger partial charge in [-0.3, -0.25) is 0 Å². The van der Waals surface area contributed by atoms with Crippen LogP contribution in [0.15, 0.2) is 84.9 Å². The number of aryl methyl sites for hydroxylation is 1. The highest BCUT2D eigenvalue weighted by atomic mass is 14.9. The quantitative estimate of drug-likeness (QED) is 0.296. The SMILES string of the molecule is CCCC1c2ccccc2-c2c(-c3cccc4c5ccccc5n(C)c34)cccc21. The summed E-state index contributed by atoms with van der Waals surface area (Å²) in [6.07, 6.45) is 2.40. The smallest absolute Gasteiger partial charge is 0.0568 e. The van der Waals surface area contributed by atoms with Gasteiger partial charge in [0.05, 0.1) is 5.52 Å². The number of fused-ring (bicyclic) bond motifs is 6. The van der Waals surface area contributed by atoms with Gasteiger partial charge < -0.3 is 4.57 Å². The summed E-state index contributed by atoms with van der Waals surface area (Å²) in [5, 5.41) is 2.66. The summed E-state index contributed by atoms with van der Waals surface area (Å²) in [6.45, 7) is 2.29. The standard InChI is InChI=1S/C29H25N/c1-3-10-19-20-11-4-5-13-22(20)28-23(19)14-8-15-24(28)26-17-9-16-25-21-12-6-7-18-27(21)30(2)29(25)26/h4-9,11-19H,3,10H2,1-2H3. The molecule has 0 radical (unpaired) electrons. The third-order valence-corrected chi connectivity index (χ3v) is 6.87. The maximum Gasteiger partial charge on any atom is 0.0568 e. The fourth-order valence-electron chi connectivity index (χ4n) is 5.64. The van der Waals surface area contributed by atoms with Crippen molar-refractivity contribution in [1.82, 2.24) is 4.57 Å². The van der Waals surface area contributed by atoms with Crippen LogP contribution in [0.4, 0.5) is 0 Å². The van der Waals surface area contributed by atoms with Gasteiger partial charge in [-0.1, -0.05) is 92.2 Å². The number of rotatable bonds is 3. The summed E-state index contributed by atoms with van der Waals surface area (Å²) in [5.41, 5.74) is 11.1. The molecule has 6 rings (SSSR count). The van der Waals surface area contributed by atoms with Gasteiger partial charge in [0.2, 0.25) is 0 Å². The third-order valence-electron chi connectivity index (χ3n) is 6.87. The van der Waals surface area contributed by atoms with E-state index in [2.05, 4.69) is 103 Å². The zero-order valence-corrected chi connectivity index (χ0v) is 17.5. The van der Waals surface area contributed by atoms with Gasteiger partial charge in [-0.15, -0.1) is 0 Å². The lowest BCUT2D eigenvalue weighted by Gasteiger charge is -2.14. The molecule has 5 aromatic rings. The van der Waals surface area contributed by atoms with Crippen LogP contribution in [0.2, 0.25) is 0 Å². The topological polar surface area (TPSA) is 4.93 Å². The lowest BCUT2D eigenvalue weighted by Crippen LogP contribution is -1.96. The van der Waals surface area contributed by atoms with E-state index in [1.54, 1.807) is 0 Å². The molecular formula is C29H25N. The Hall–Kier alpha value is -3.32. The van der Waals surface area contributed by atoms with Crippen molar-refractivity contribution in [3.05, 3.63) is 96.1 Å². The van der Waals surface area contributed by atoms with E-state index < -0.39 is 0 Å². The average molecular weight is 388 g/mol. The van der Waals surface area contributed by atoms with Gasteiger partial charge in [-0.05, 0) is 40.3 Å². The molecule has 30 heavy (non-hydrogen) atoms. The van der Waals surface area contributed by atoms with E-state index in [9.17, 15) is 0 Å². The van der Waals surface area contributed by atoms with E-state index in [1.807, 2.05) is 0 Å². The van der Waals surface area contributed by atoms with Gasteiger partial charge in [0.25, 0.3) is 0 Å². The van der Waals surface area contributed by atoms with Gasteiger partial charge in [-0.2, -0.15) is 0 Å². The normalized spacial score (nSPS) is 14.9. The van der Waals surface area contributed by atoms with E-state index in [0.717, 1.165) is 0 Å². The van der Waals surface area contributed by atoms with Crippen LogP contribution < -0.4 is 0 Å². The molecule has 1 atom stereocenters.